The van der Waals surface area contributed by atoms with Crippen molar-refractivity contribution in [3.05, 3.63) is 47.0 Å². The highest BCUT2D eigenvalue weighted by atomic mass is 32.2. The van der Waals surface area contributed by atoms with E-state index in [1.54, 1.807) is 4.90 Å². The van der Waals surface area contributed by atoms with Gasteiger partial charge >= 0.3 is 6.03 Å². The summed E-state index contributed by atoms with van der Waals surface area (Å²) >= 11 is 1.50. The number of benzene rings is 1. The molecule has 4 atom stereocenters. The van der Waals surface area contributed by atoms with Gasteiger partial charge in [0.15, 0.2) is 0 Å². The number of likely N-dealkylation sites (tertiary alicyclic amines) is 1. The first-order chi connectivity index (χ1) is 17.9. The molecule has 37 heavy (non-hydrogen) atoms. The Labute approximate surface area is 221 Å². The molecule has 1 saturated carbocycles. The van der Waals surface area contributed by atoms with Crippen LogP contribution in [0.1, 0.15) is 37.7 Å². The number of urea groups is 1. The summed E-state index contributed by atoms with van der Waals surface area (Å²) in [5.74, 6) is 0.538. The van der Waals surface area contributed by atoms with E-state index < -0.39 is 0 Å². The molecule has 5 aliphatic rings. The number of piperidine rings is 2. The van der Waals surface area contributed by atoms with E-state index in [1.807, 2.05) is 30.0 Å². The molecule has 10 heteroatoms. The van der Waals surface area contributed by atoms with Crippen LogP contribution in [-0.4, -0.2) is 65.9 Å². The van der Waals surface area contributed by atoms with Crippen molar-refractivity contribution >= 4 is 35.3 Å². The van der Waals surface area contributed by atoms with E-state index in [-0.39, 0.29) is 41.2 Å². The van der Waals surface area contributed by atoms with Crippen LogP contribution in [0.25, 0.3) is 0 Å². The van der Waals surface area contributed by atoms with Crippen molar-refractivity contribution in [2.24, 2.45) is 5.92 Å². The molecule has 4 aliphatic heterocycles. The predicted molar refractivity (Wildman–Crippen MR) is 142 cm³/mol. The summed E-state index contributed by atoms with van der Waals surface area (Å²) in [7, 11) is 0. The Hall–Kier alpha value is -2.98. The van der Waals surface area contributed by atoms with Gasteiger partial charge in [-0.05, 0) is 75.4 Å². The normalized spacial score (nSPS) is 28.9. The lowest BCUT2D eigenvalue weighted by molar-refractivity contribution is -0.128. The first-order valence-corrected chi connectivity index (χ1v) is 14.0. The van der Waals surface area contributed by atoms with Gasteiger partial charge in [-0.25, -0.2) is 4.79 Å². The molecule has 1 aromatic carbocycles. The van der Waals surface area contributed by atoms with E-state index >= 15 is 0 Å². The Balaban J connectivity index is 1.22. The molecule has 9 nitrogen and oxygen atoms in total. The summed E-state index contributed by atoms with van der Waals surface area (Å²) < 4.78 is 5.94. The molecule has 0 aromatic heterocycles. The van der Waals surface area contributed by atoms with Crippen molar-refractivity contribution in [2.75, 3.05) is 24.5 Å². The fourth-order valence-electron chi connectivity index (χ4n) is 5.93. The second-order valence-electron chi connectivity index (χ2n) is 10.5. The molecular formula is C27H33N5O4S. The van der Waals surface area contributed by atoms with E-state index in [9.17, 15) is 14.4 Å². The van der Waals surface area contributed by atoms with E-state index in [0.29, 0.717) is 29.8 Å². The van der Waals surface area contributed by atoms with Gasteiger partial charge in [-0.1, -0.05) is 18.3 Å². The number of carbonyl (C=O) groups is 3. The molecule has 3 saturated heterocycles. The minimum absolute atomic E-state index is 0.0100. The van der Waals surface area contributed by atoms with Gasteiger partial charge in [-0.3, -0.25) is 14.5 Å². The molecule has 3 N–H and O–H groups in total. The van der Waals surface area contributed by atoms with Gasteiger partial charge in [0, 0.05) is 36.4 Å². The number of nitrogens with one attached hydrogen (secondary N) is 3. The van der Waals surface area contributed by atoms with Crippen molar-refractivity contribution in [1.82, 2.24) is 20.9 Å². The van der Waals surface area contributed by atoms with Crippen molar-refractivity contribution < 1.29 is 19.1 Å². The highest BCUT2D eigenvalue weighted by Crippen LogP contribution is 2.48. The Kier molecular flexibility index (Phi) is 6.40. The van der Waals surface area contributed by atoms with Crippen LogP contribution in [0.3, 0.4) is 0 Å². The molecule has 3 unspecified atom stereocenters. The lowest BCUT2D eigenvalue weighted by Gasteiger charge is -2.46. The van der Waals surface area contributed by atoms with Crippen LogP contribution in [0.15, 0.2) is 41.5 Å². The third kappa shape index (κ3) is 4.61. The standard InChI is InChI=1S/C27H33N5O4S/c1-3-21(33)31-12-4-5-16(14-31)29-25(34)24-23-22-20(10-11-28-26(22)37-24)32(27(35)30-23)19-9-8-18(13-15(19)2)36-17-6-7-17/h3,8-9,13,16-17,20,22,26,28H,1,4-7,10-12,14H2,2H3,(H,29,34)(H,30,35)/t16-,20?,22?,26?/m1/s1. The van der Waals surface area contributed by atoms with Crippen molar-refractivity contribution in [2.45, 2.75) is 62.6 Å². The number of hydrogen-bond donors (Lipinski definition) is 3. The maximum atomic E-state index is 13.5. The fraction of sp³-hybridized carbons (Fsp3) is 0.519. The second kappa shape index (κ2) is 9.72. The summed E-state index contributed by atoms with van der Waals surface area (Å²) in [5, 5.41) is 9.76. The minimum Gasteiger partial charge on any atom is -0.490 e. The third-order valence-corrected chi connectivity index (χ3v) is 9.20. The molecule has 0 spiro atoms. The van der Waals surface area contributed by atoms with E-state index in [2.05, 4.69) is 22.5 Å². The van der Waals surface area contributed by atoms with E-state index in [0.717, 1.165) is 55.6 Å². The van der Waals surface area contributed by atoms with Crippen LogP contribution >= 0.6 is 11.8 Å². The summed E-state index contributed by atoms with van der Waals surface area (Å²) in [6.45, 7) is 7.50. The van der Waals surface area contributed by atoms with Gasteiger partial charge in [-0.2, -0.15) is 0 Å². The number of anilines is 1. The molecule has 4 fully saturated rings. The Morgan fingerprint density at radius 1 is 1.24 bits per heavy atom. The number of ether oxygens (including phenoxy) is 1. The minimum atomic E-state index is -0.205. The molecule has 1 aliphatic carbocycles. The monoisotopic (exact) mass is 523 g/mol. The van der Waals surface area contributed by atoms with Gasteiger partial charge in [0.1, 0.15) is 5.75 Å². The van der Waals surface area contributed by atoms with Crippen LogP contribution < -0.4 is 25.6 Å². The number of rotatable bonds is 6. The number of nitrogens with zero attached hydrogens (tertiary/aromatic N) is 2. The van der Waals surface area contributed by atoms with E-state index in [1.165, 1.54) is 17.8 Å². The largest absolute Gasteiger partial charge is 0.490 e. The summed E-state index contributed by atoms with van der Waals surface area (Å²) in [6, 6.07) is 5.57. The molecule has 196 valence electrons. The van der Waals surface area contributed by atoms with Gasteiger partial charge < -0.3 is 25.6 Å². The highest BCUT2D eigenvalue weighted by molar-refractivity contribution is 8.04. The van der Waals surface area contributed by atoms with Crippen molar-refractivity contribution in [1.29, 1.82) is 0 Å². The third-order valence-electron chi connectivity index (χ3n) is 7.85. The molecule has 4 heterocycles. The van der Waals surface area contributed by atoms with Gasteiger partial charge in [0.25, 0.3) is 5.91 Å². The first kappa shape index (κ1) is 24.4. The predicted octanol–water partition coefficient (Wildman–Crippen LogP) is 2.62. The number of carbonyl (C=O) groups excluding carboxylic acids is 3. The fourth-order valence-corrected chi connectivity index (χ4v) is 7.33. The molecule has 6 rings (SSSR count). The highest BCUT2D eigenvalue weighted by Gasteiger charge is 2.52. The summed E-state index contributed by atoms with van der Waals surface area (Å²) in [4.78, 5) is 43.2. The maximum Gasteiger partial charge on any atom is 0.326 e. The lowest BCUT2D eigenvalue weighted by Crippen LogP contribution is -2.62. The number of thioether (sulfide) groups is 1. The van der Waals surface area contributed by atoms with Crippen LogP contribution in [0, 0.1) is 12.8 Å². The zero-order chi connectivity index (χ0) is 25.7. The molecule has 1 aromatic rings. The summed E-state index contributed by atoms with van der Waals surface area (Å²) in [6.07, 6.45) is 6.28. The number of aryl methyl sites for hydroxylation is 1. The van der Waals surface area contributed by atoms with Crippen molar-refractivity contribution in [3.8, 4) is 5.75 Å². The lowest BCUT2D eigenvalue weighted by atomic mass is 9.86. The quantitative estimate of drug-likeness (QED) is 0.496. The Bertz CT molecular complexity index is 1180. The van der Waals surface area contributed by atoms with Gasteiger partial charge in [-0.15, -0.1) is 0 Å². The zero-order valence-corrected chi connectivity index (χ0v) is 21.8. The Morgan fingerprint density at radius 3 is 2.84 bits per heavy atom. The van der Waals surface area contributed by atoms with Crippen LogP contribution in [0.4, 0.5) is 10.5 Å². The van der Waals surface area contributed by atoms with Crippen molar-refractivity contribution in [3.63, 3.8) is 0 Å². The average molecular weight is 524 g/mol. The SMILES string of the molecule is C=CC(=O)N1CCC[C@@H](NC(=O)C2=C3NC(=O)N(c4ccc(OC5CC5)cc4C)C4CCNC(S2)C34)C1. The zero-order valence-electron chi connectivity index (χ0n) is 21.0. The average Bonchev–Trinajstić information content (AvgIpc) is 3.63. The van der Waals surface area contributed by atoms with Crippen LogP contribution in [-0.2, 0) is 9.59 Å². The maximum absolute atomic E-state index is 13.5. The number of amides is 4. The smallest absolute Gasteiger partial charge is 0.326 e. The number of hydrogen-bond acceptors (Lipinski definition) is 6. The van der Waals surface area contributed by atoms with E-state index in [4.69, 9.17) is 4.74 Å². The topological polar surface area (TPSA) is 103 Å². The first-order valence-electron chi connectivity index (χ1n) is 13.2. The molecule has 4 amide bonds. The van der Waals surface area contributed by atoms with Gasteiger partial charge in [0.2, 0.25) is 5.91 Å². The Morgan fingerprint density at radius 2 is 2.08 bits per heavy atom. The molecular weight excluding hydrogens is 490 g/mol. The molecule has 0 radical (unpaired) electrons. The second-order valence-corrected chi connectivity index (χ2v) is 11.6. The van der Waals surface area contributed by atoms with Crippen LogP contribution in [0.5, 0.6) is 5.75 Å². The van der Waals surface area contributed by atoms with Crippen LogP contribution in [0.2, 0.25) is 0 Å². The summed E-state index contributed by atoms with van der Waals surface area (Å²) in [5.41, 5.74) is 2.59. The van der Waals surface area contributed by atoms with Gasteiger partial charge in [0.05, 0.1) is 22.4 Å². The molecule has 0 bridgehead atoms.